The molecule has 5 heteroatoms. The van der Waals surface area contributed by atoms with Gasteiger partial charge < -0.3 is 14.9 Å². The molecule has 4 saturated carbocycles. The molecule has 0 heterocycles. The van der Waals surface area contributed by atoms with Crippen molar-refractivity contribution in [2.45, 2.75) is 222 Å². The topological polar surface area (TPSA) is 0 Å². The fourth-order valence-electron chi connectivity index (χ4n) is 22.1. The average molecular weight is 1310 g/mol. The van der Waals surface area contributed by atoms with Gasteiger partial charge in [-0.15, -0.1) is 0 Å². The van der Waals surface area contributed by atoms with Crippen molar-refractivity contribution in [2.75, 3.05) is 0 Å². The number of halogens is 2. The molecule has 0 radical (unpaired) electrons. The van der Waals surface area contributed by atoms with Crippen LogP contribution < -0.4 is 0 Å². The van der Waals surface area contributed by atoms with E-state index in [9.17, 15) is 0 Å². The fourth-order valence-corrected chi connectivity index (χ4v) is 33.8. The third-order valence-corrected chi connectivity index (χ3v) is 33.5. The van der Waals surface area contributed by atoms with Gasteiger partial charge in [-0.3, -0.25) is 0 Å². The molecule has 0 aliphatic heterocycles. The van der Waals surface area contributed by atoms with E-state index >= 15 is 0 Å². The molecule has 87 heavy (non-hydrogen) atoms. The van der Waals surface area contributed by atoms with Crippen molar-refractivity contribution in [3.8, 4) is 22.3 Å². The zero-order chi connectivity index (χ0) is 61.5. The van der Waals surface area contributed by atoms with E-state index < -0.39 is 37.0 Å². The van der Waals surface area contributed by atoms with E-state index in [-0.39, 0.29) is 14.9 Å². The van der Waals surface area contributed by atoms with Crippen LogP contribution in [0.4, 0.5) is 0 Å². The Hall–Kier alpha value is -3.30. The molecule has 12 atom stereocenters. The molecule has 464 valence electrons. The molecule has 6 aromatic carbocycles. The zero-order valence-electron chi connectivity index (χ0n) is 58.1. The van der Waals surface area contributed by atoms with Gasteiger partial charge in [-0.2, -0.15) is 0 Å². The van der Waals surface area contributed by atoms with Crippen LogP contribution in [0.1, 0.15) is 202 Å². The van der Waals surface area contributed by atoms with Crippen LogP contribution in [-0.2, 0) is 20.8 Å². The Morgan fingerprint density at radius 1 is 0.402 bits per heavy atom. The van der Waals surface area contributed by atoms with Crippen molar-refractivity contribution in [3.63, 3.8) is 0 Å². The minimum absolute atomic E-state index is 0. The zero-order valence-corrected chi connectivity index (χ0v) is 64.0. The molecular weight excluding hydrogens is 1200 g/mol. The van der Waals surface area contributed by atoms with Crippen molar-refractivity contribution in [2.24, 2.45) is 35.5 Å². The quantitative estimate of drug-likeness (QED) is 0.105. The van der Waals surface area contributed by atoms with Crippen LogP contribution in [0, 0.1) is 133 Å². The van der Waals surface area contributed by atoms with Crippen molar-refractivity contribution < 1.29 is 20.8 Å². The molecular formula is C82H110Cl2Si2Zr. The van der Waals surface area contributed by atoms with E-state index in [1.165, 1.54) is 140 Å². The molecule has 0 nitrogen and oxygen atoms in total. The first-order valence-electron chi connectivity index (χ1n) is 33.1. The monoisotopic (exact) mass is 1310 g/mol. The summed E-state index contributed by atoms with van der Waals surface area (Å²) in [6, 6.07) is 33.4. The van der Waals surface area contributed by atoms with Crippen LogP contribution in [-0.4, -0.2) is 16.1 Å². The standard InChI is InChI=1S/C40H60Si.C40H44Si.2CH3.2ClH.Zr/c2*1-23-17-25(3)37(26(4)18-23)31-13-11-15-33-35(31)21-29(7)39(33)41(9,10)40-30(8)22-36-32(14-12-16-34(36)40)38-27(5)19-24(2)20-28(38)6;;;;;/h17-20,29-36,39-40H,11-16,21-22H2,1-10H3;11-22,39-40H,1-10H3;2*1H3;2*1H;/q;;2*-1;;;+4/p-2. The van der Waals surface area contributed by atoms with Gasteiger partial charge in [0.05, 0.1) is 16.1 Å². The van der Waals surface area contributed by atoms with Crippen LogP contribution in [0.25, 0.3) is 34.4 Å². The second-order valence-corrected chi connectivity index (χ2v) is 43.9. The van der Waals surface area contributed by atoms with Crippen LogP contribution in [0.3, 0.4) is 0 Å². The van der Waals surface area contributed by atoms with Crippen LogP contribution in [0.5, 0.6) is 0 Å². The normalized spacial score (nSPS) is 26.0. The number of benzene rings is 6. The maximum absolute atomic E-state index is 4.93. The van der Waals surface area contributed by atoms with Gasteiger partial charge in [0.1, 0.15) is 0 Å². The van der Waals surface area contributed by atoms with Gasteiger partial charge in [-0.05, 0) is 281 Å². The predicted octanol–water partition coefficient (Wildman–Crippen LogP) is 25.4. The summed E-state index contributed by atoms with van der Waals surface area (Å²) in [4.78, 5) is 0. The van der Waals surface area contributed by atoms with Crippen molar-refractivity contribution in [1.29, 1.82) is 0 Å². The molecule has 12 rings (SSSR count). The van der Waals surface area contributed by atoms with Gasteiger partial charge >= 0.3 is 37.9 Å². The Morgan fingerprint density at radius 3 is 1.01 bits per heavy atom. The number of allylic oxidation sites excluding steroid dienone is 2. The molecule has 6 aliphatic carbocycles. The summed E-state index contributed by atoms with van der Waals surface area (Å²) in [5.74, 6) is 7.19. The van der Waals surface area contributed by atoms with Gasteiger partial charge in [-0.1, -0.05) is 196 Å². The van der Waals surface area contributed by atoms with Crippen molar-refractivity contribution in [1.82, 2.24) is 0 Å². The second-order valence-electron chi connectivity index (χ2n) is 30.4. The van der Waals surface area contributed by atoms with Gasteiger partial charge in [0.25, 0.3) is 0 Å². The van der Waals surface area contributed by atoms with Gasteiger partial charge in [0.2, 0.25) is 0 Å². The van der Waals surface area contributed by atoms with E-state index in [2.05, 4.69) is 234 Å². The predicted molar refractivity (Wildman–Crippen MR) is 388 cm³/mol. The Labute approximate surface area is 552 Å². The number of rotatable bonds is 8. The first-order chi connectivity index (χ1) is 40.2. The average Bonchev–Trinajstić information content (AvgIpc) is 1.63. The first kappa shape index (κ1) is 69.6. The molecule has 4 fully saturated rings. The molecule has 0 saturated heterocycles. The Bertz CT molecular complexity index is 3250. The Kier molecular flexibility index (Phi) is 22.0. The minimum atomic E-state index is -1.92. The van der Waals surface area contributed by atoms with E-state index in [1.807, 2.05) is 0 Å². The molecule has 0 N–H and O–H groups in total. The van der Waals surface area contributed by atoms with E-state index in [0.29, 0.717) is 11.1 Å². The molecule has 6 aliphatic rings. The van der Waals surface area contributed by atoms with Crippen LogP contribution >= 0.6 is 17.0 Å². The number of hydrogen-bond acceptors (Lipinski definition) is 0. The van der Waals surface area contributed by atoms with Gasteiger partial charge in [0.15, 0.2) is 0 Å². The van der Waals surface area contributed by atoms with Crippen LogP contribution in [0.15, 0.2) is 96.1 Å². The molecule has 0 aromatic heterocycles. The molecule has 6 aromatic rings. The third kappa shape index (κ3) is 12.9. The second kappa shape index (κ2) is 27.5. The summed E-state index contributed by atoms with van der Waals surface area (Å²) >= 11 is -0.826. The summed E-state index contributed by atoms with van der Waals surface area (Å²) in [5, 5.41) is 0. The molecule has 0 spiro atoms. The Balaban J connectivity index is 0.000000211. The Morgan fingerprint density at radius 2 is 0.701 bits per heavy atom. The van der Waals surface area contributed by atoms with E-state index in [1.54, 1.807) is 44.5 Å². The number of hydrogen-bond donors (Lipinski definition) is 0. The van der Waals surface area contributed by atoms with Crippen LogP contribution in [0.2, 0.25) is 37.3 Å². The van der Waals surface area contributed by atoms with Gasteiger partial charge in [-0.25, -0.2) is 0 Å². The number of fused-ring (bicyclic) bond motifs is 4. The summed E-state index contributed by atoms with van der Waals surface area (Å²) in [6.07, 6.45) is 16.8. The molecule has 0 amide bonds. The summed E-state index contributed by atoms with van der Waals surface area (Å²) in [5.41, 5.74) is 38.5. The van der Waals surface area contributed by atoms with Crippen molar-refractivity contribution >= 4 is 45.3 Å². The fraction of sp³-hybridized carbons (Fsp3) is 0.488. The van der Waals surface area contributed by atoms with Crippen molar-refractivity contribution in [3.05, 3.63) is 211 Å². The first-order valence-corrected chi connectivity index (χ1v) is 45.8. The maximum atomic E-state index is 4.93. The SMILES string of the molecule is CC1=Cc2c(-c3c(C)cc(C)cc3C)cccc2C1[Si](C)(C)C1C(C)=Cc2c(-c3c(C)cc(C)cc3C)cccc21.Cc1cc(C)c(C2CCCC3C2CC(C)C3[Si](C)(C)C2C(C)CC3C(c4c(C)cc(C)cc4C)CCCC32)c(C)c1.[CH3-].[CH3-].[Cl][Zr+2][Cl]. The van der Waals surface area contributed by atoms with E-state index in [0.717, 1.165) is 58.4 Å². The van der Waals surface area contributed by atoms with E-state index in [4.69, 9.17) is 17.0 Å². The van der Waals surface area contributed by atoms with Gasteiger partial charge in [0, 0.05) is 11.1 Å². The number of aryl methyl sites for hydroxylation is 12. The molecule has 12 unspecified atom stereocenters. The molecule has 0 bridgehead atoms. The summed E-state index contributed by atoms with van der Waals surface area (Å²) in [6.45, 7) is 49.0. The summed E-state index contributed by atoms with van der Waals surface area (Å²) < 4.78 is 0. The third-order valence-electron chi connectivity index (χ3n) is 23.5. The summed E-state index contributed by atoms with van der Waals surface area (Å²) in [7, 11) is 6.43.